The molecule has 0 radical (unpaired) electrons. The van der Waals surface area contributed by atoms with Gasteiger partial charge in [0.05, 0.1) is 24.8 Å². The zero-order valence-corrected chi connectivity index (χ0v) is 25.1. The van der Waals surface area contributed by atoms with Gasteiger partial charge in [0.1, 0.15) is 24.1 Å². The summed E-state index contributed by atoms with van der Waals surface area (Å²) in [5, 5.41) is 2.88. The molecular formula is C31H39N3O6S. The van der Waals surface area contributed by atoms with Crippen LogP contribution < -0.4 is 19.1 Å². The highest BCUT2D eigenvalue weighted by molar-refractivity contribution is 7.92. The fourth-order valence-electron chi connectivity index (χ4n) is 4.18. The second-order valence-corrected chi connectivity index (χ2v) is 11.6. The van der Waals surface area contributed by atoms with Gasteiger partial charge in [0.2, 0.25) is 11.8 Å². The zero-order chi connectivity index (χ0) is 30.0. The predicted molar refractivity (Wildman–Crippen MR) is 160 cm³/mol. The molecule has 0 heterocycles. The Bertz CT molecular complexity index is 1410. The number of methoxy groups -OCH3 is 2. The van der Waals surface area contributed by atoms with Gasteiger partial charge in [-0.2, -0.15) is 0 Å². The first kappa shape index (κ1) is 31.5. The van der Waals surface area contributed by atoms with Crippen LogP contribution in [-0.2, 0) is 26.2 Å². The van der Waals surface area contributed by atoms with E-state index in [1.807, 2.05) is 26.0 Å². The van der Waals surface area contributed by atoms with E-state index in [1.54, 1.807) is 62.6 Å². The topological polar surface area (TPSA) is 105 Å². The molecular weight excluding hydrogens is 542 g/mol. The highest BCUT2D eigenvalue weighted by atomic mass is 32.2. The minimum atomic E-state index is -4.16. The molecule has 1 atom stereocenters. The number of rotatable bonds is 14. The summed E-state index contributed by atoms with van der Waals surface area (Å²) in [6, 6.07) is 19.3. The van der Waals surface area contributed by atoms with E-state index in [2.05, 4.69) is 5.32 Å². The first-order valence-electron chi connectivity index (χ1n) is 13.5. The van der Waals surface area contributed by atoms with E-state index in [-0.39, 0.29) is 23.0 Å². The first-order chi connectivity index (χ1) is 19.6. The highest BCUT2D eigenvalue weighted by Crippen LogP contribution is 2.28. The Morgan fingerprint density at radius 3 is 2.20 bits per heavy atom. The number of hydrogen-bond donors (Lipinski definition) is 1. The van der Waals surface area contributed by atoms with Gasteiger partial charge in [0.25, 0.3) is 10.0 Å². The van der Waals surface area contributed by atoms with E-state index in [4.69, 9.17) is 9.47 Å². The summed E-state index contributed by atoms with van der Waals surface area (Å²) in [7, 11) is -1.11. The van der Waals surface area contributed by atoms with Crippen LogP contribution in [0.4, 0.5) is 5.69 Å². The molecule has 9 nitrogen and oxygen atoms in total. The first-order valence-corrected chi connectivity index (χ1v) is 15.0. The van der Waals surface area contributed by atoms with E-state index in [9.17, 15) is 18.0 Å². The van der Waals surface area contributed by atoms with Crippen molar-refractivity contribution in [3.05, 3.63) is 83.9 Å². The van der Waals surface area contributed by atoms with Crippen LogP contribution in [0.2, 0.25) is 0 Å². The van der Waals surface area contributed by atoms with Crippen LogP contribution >= 0.6 is 0 Å². The molecule has 3 aromatic rings. The number of carbonyl (C=O) groups is 2. The third-order valence-electron chi connectivity index (χ3n) is 6.74. The van der Waals surface area contributed by atoms with Crippen LogP contribution in [0.1, 0.15) is 37.8 Å². The molecule has 0 spiro atoms. The van der Waals surface area contributed by atoms with Gasteiger partial charge in [-0.1, -0.05) is 49.2 Å². The molecule has 3 aromatic carbocycles. The van der Waals surface area contributed by atoms with Crippen LogP contribution in [0.15, 0.2) is 77.7 Å². The number of anilines is 1. The molecule has 1 N–H and O–H groups in total. The van der Waals surface area contributed by atoms with Crippen molar-refractivity contribution < 1.29 is 27.5 Å². The number of unbranched alkanes of at least 4 members (excludes halogenated alkanes) is 1. The fourth-order valence-corrected chi connectivity index (χ4v) is 5.58. The van der Waals surface area contributed by atoms with Crippen molar-refractivity contribution in [2.24, 2.45) is 0 Å². The Labute approximate surface area is 243 Å². The Balaban J connectivity index is 2.01. The van der Waals surface area contributed by atoms with Crippen LogP contribution in [0, 0.1) is 6.92 Å². The van der Waals surface area contributed by atoms with Crippen LogP contribution in [0.3, 0.4) is 0 Å². The summed E-state index contributed by atoms with van der Waals surface area (Å²) < 4.78 is 39.5. The maximum absolute atomic E-state index is 14.0. The average Bonchev–Trinajstić information content (AvgIpc) is 2.98. The number of sulfonamides is 1. The molecule has 0 saturated carbocycles. The van der Waals surface area contributed by atoms with E-state index >= 15 is 0 Å². The maximum atomic E-state index is 14.0. The summed E-state index contributed by atoms with van der Waals surface area (Å²) in [5.41, 5.74) is 1.94. The number of hydrogen-bond acceptors (Lipinski definition) is 6. The lowest BCUT2D eigenvalue weighted by Gasteiger charge is -2.32. The molecule has 0 bridgehead atoms. The smallest absolute Gasteiger partial charge is 0.264 e. The van der Waals surface area contributed by atoms with Gasteiger partial charge in [-0.3, -0.25) is 13.9 Å². The molecule has 0 aliphatic rings. The van der Waals surface area contributed by atoms with E-state index in [0.717, 1.165) is 28.3 Å². The molecule has 10 heteroatoms. The van der Waals surface area contributed by atoms with E-state index in [0.29, 0.717) is 18.0 Å². The average molecular weight is 582 g/mol. The summed E-state index contributed by atoms with van der Waals surface area (Å²) in [5.74, 6) is 0.260. The largest absolute Gasteiger partial charge is 0.497 e. The van der Waals surface area contributed by atoms with Crippen LogP contribution in [0.25, 0.3) is 0 Å². The normalized spacial score (nSPS) is 11.8. The Morgan fingerprint density at radius 2 is 1.59 bits per heavy atom. The van der Waals surface area contributed by atoms with Crippen molar-refractivity contribution in [2.75, 3.05) is 31.6 Å². The molecule has 0 aromatic heterocycles. The quantitative estimate of drug-likeness (QED) is 0.280. The summed E-state index contributed by atoms with van der Waals surface area (Å²) >= 11 is 0. The predicted octanol–water partition coefficient (Wildman–Crippen LogP) is 4.54. The molecule has 3 rings (SSSR count). The van der Waals surface area contributed by atoms with Crippen LogP contribution in [0.5, 0.6) is 11.5 Å². The number of nitrogens with zero attached hydrogens (tertiary/aromatic N) is 2. The summed E-state index contributed by atoms with van der Waals surface area (Å²) in [4.78, 5) is 28.5. The molecule has 220 valence electrons. The highest BCUT2D eigenvalue weighted by Gasteiger charge is 2.32. The van der Waals surface area contributed by atoms with Gasteiger partial charge in [0, 0.05) is 19.2 Å². The number of ether oxygens (including phenoxy) is 2. The number of benzene rings is 3. The van der Waals surface area contributed by atoms with Crippen molar-refractivity contribution in [1.82, 2.24) is 10.2 Å². The second kappa shape index (κ2) is 14.5. The van der Waals surface area contributed by atoms with Gasteiger partial charge in [0.15, 0.2) is 0 Å². The lowest BCUT2D eigenvalue weighted by atomic mass is 10.1. The van der Waals surface area contributed by atoms with E-state index < -0.39 is 28.5 Å². The molecule has 0 saturated heterocycles. The number of aryl methyl sites for hydroxylation is 1. The minimum Gasteiger partial charge on any atom is -0.497 e. The van der Waals surface area contributed by atoms with Crippen LogP contribution in [-0.4, -0.2) is 58.5 Å². The molecule has 41 heavy (non-hydrogen) atoms. The summed E-state index contributed by atoms with van der Waals surface area (Å²) in [6.45, 7) is 5.60. The number of carbonyl (C=O) groups excluding carboxylic acids is 2. The third kappa shape index (κ3) is 8.23. The Morgan fingerprint density at radius 1 is 0.927 bits per heavy atom. The molecule has 2 amide bonds. The van der Waals surface area contributed by atoms with Crippen molar-refractivity contribution in [1.29, 1.82) is 0 Å². The fraction of sp³-hybridized carbons (Fsp3) is 0.355. The number of amides is 2. The van der Waals surface area contributed by atoms with Gasteiger partial charge in [-0.25, -0.2) is 8.42 Å². The number of nitrogens with one attached hydrogen (secondary N) is 1. The van der Waals surface area contributed by atoms with Crippen molar-refractivity contribution in [3.63, 3.8) is 0 Å². The minimum absolute atomic E-state index is 0.0470. The Hall–Kier alpha value is -4.05. The maximum Gasteiger partial charge on any atom is 0.264 e. The molecule has 0 aliphatic heterocycles. The van der Waals surface area contributed by atoms with Gasteiger partial charge >= 0.3 is 0 Å². The van der Waals surface area contributed by atoms with Crippen molar-refractivity contribution >= 4 is 27.5 Å². The lowest BCUT2D eigenvalue weighted by molar-refractivity contribution is -0.139. The molecule has 0 fully saturated rings. The third-order valence-corrected chi connectivity index (χ3v) is 8.53. The lowest BCUT2D eigenvalue weighted by Crippen LogP contribution is -2.51. The summed E-state index contributed by atoms with van der Waals surface area (Å²) in [6.07, 6.45) is 1.72. The molecule has 0 aliphatic carbocycles. The standard InChI is InChI=1S/C31H39N3O6S/c1-6-7-19-32-31(36)24(3)33(21-25-13-15-27(39-4)16-14-25)30(35)22-34(26-9-8-10-28(20-26)40-5)41(37,38)29-17-11-23(2)12-18-29/h8-18,20,24H,6-7,19,21-22H2,1-5H3,(H,32,36)/t24-/m0/s1. The zero-order valence-electron chi connectivity index (χ0n) is 24.3. The molecule has 0 unspecified atom stereocenters. The van der Waals surface area contributed by atoms with Crippen molar-refractivity contribution in [3.8, 4) is 11.5 Å². The van der Waals surface area contributed by atoms with Gasteiger partial charge in [-0.15, -0.1) is 0 Å². The van der Waals surface area contributed by atoms with Gasteiger partial charge in [-0.05, 0) is 62.2 Å². The second-order valence-electron chi connectivity index (χ2n) is 9.72. The van der Waals surface area contributed by atoms with Crippen molar-refractivity contribution in [2.45, 2.75) is 51.1 Å². The Kier molecular flexibility index (Phi) is 11.2. The monoisotopic (exact) mass is 581 g/mol. The van der Waals surface area contributed by atoms with E-state index in [1.165, 1.54) is 24.1 Å². The van der Waals surface area contributed by atoms with Gasteiger partial charge < -0.3 is 19.7 Å². The SMILES string of the molecule is CCCCNC(=O)[C@H](C)N(Cc1ccc(OC)cc1)C(=O)CN(c1cccc(OC)c1)S(=O)(=O)c1ccc(C)cc1.